The predicted octanol–water partition coefficient (Wildman–Crippen LogP) is 7.60. The number of hydrogen-bond donors (Lipinski definition) is 0. The molecule has 1 heterocycles. The van der Waals surface area contributed by atoms with E-state index >= 15 is 0 Å². The lowest BCUT2D eigenvalue weighted by Gasteiger charge is -2.28. The van der Waals surface area contributed by atoms with Crippen LogP contribution in [0.4, 0.5) is 13.2 Å². The molecule has 3 aromatic rings. The highest BCUT2D eigenvalue weighted by Crippen LogP contribution is 2.30. The van der Waals surface area contributed by atoms with Crippen LogP contribution in [-0.2, 0) is 29.3 Å². The molecule has 0 fully saturated rings. The molecular formula is C28H35F3N3O4S-. The minimum absolute atomic E-state index is 0.0383. The Kier molecular flexibility index (Phi) is 11.5. The Hall–Kier alpha value is -2.76. The van der Waals surface area contributed by atoms with Gasteiger partial charge in [-0.05, 0) is 41.8 Å². The fourth-order valence-electron chi connectivity index (χ4n) is 4.19. The van der Waals surface area contributed by atoms with Crippen molar-refractivity contribution in [2.75, 3.05) is 0 Å². The van der Waals surface area contributed by atoms with Crippen LogP contribution < -0.4 is 0 Å². The van der Waals surface area contributed by atoms with Gasteiger partial charge in [-0.25, -0.2) is 8.42 Å². The Bertz CT molecular complexity index is 1240. The van der Waals surface area contributed by atoms with Gasteiger partial charge in [0.05, 0.1) is 4.90 Å². The van der Waals surface area contributed by atoms with Crippen LogP contribution in [0.3, 0.4) is 0 Å². The second-order valence-corrected chi connectivity index (χ2v) is 11.6. The van der Waals surface area contributed by atoms with Crippen LogP contribution in [0.15, 0.2) is 57.9 Å². The molecule has 0 atom stereocenters. The van der Waals surface area contributed by atoms with Crippen LogP contribution in [-0.4, -0.2) is 29.1 Å². The van der Waals surface area contributed by atoms with Gasteiger partial charge in [-0.15, -0.1) is 0 Å². The SMILES string of the molecule is CCCCCCCCCCCc1noc(-c2ccc(CN([O-])Cc3ccc(S(=O)(=O)C(F)(F)F)cc3)cc2)n1. The van der Waals surface area contributed by atoms with Gasteiger partial charge in [-0.2, -0.15) is 18.2 Å². The molecule has 0 aliphatic rings. The summed E-state index contributed by atoms with van der Waals surface area (Å²) in [6, 6.07) is 11.2. The third-order valence-electron chi connectivity index (χ3n) is 6.43. The quantitative estimate of drug-likeness (QED) is 0.130. The lowest BCUT2D eigenvalue weighted by Crippen LogP contribution is -2.23. The molecule has 2 aromatic carbocycles. The molecule has 0 radical (unpaired) electrons. The van der Waals surface area contributed by atoms with Gasteiger partial charge in [-0.3, -0.25) is 0 Å². The molecule has 3 rings (SSSR count). The molecule has 11 heteroatoms. The van der Waals surface area contributed by atoms with E-state index in [1.165, 1.54) is 57.1 Å². The molecule has 0 saturated heterocycles. The van der Waals surface area contributed by atoms with E-state index in [2.05, 4.69) is 17.1 Å². The normalized spacial score (nSPS) is 12.4. The maximum Gasteiger partial charge on any atom is 0.501 e. The summed E-state index contributed by atoms with van der Waals surface area (Å²) in [5, 5.41) is 17.2. The Morgan fingerprint density at radius 3 is 1.87 bits per heavy atom. The number of benzene rings is 2. The molecule has 1 aromatic heterocycles. The van der Waals surface area contributed by atoms with Gasteiger partial charge in [0.1, 0.15) is 0 Å². The van der Waals surface area contributed by atoms with E-state index < -0.39 is 20.2 Å². The largest absolute Gasteiger partial charge is 0.785 e. The smallest absolute Gasteiger partial charge is 0.501 e. The summed E-state index contributed by atoms with van der Waals surface area (Å²) in [5.41, 5.74) is -3.52. The monoisotopic (exact) mass is 566 g/mol. The Labute approximate surface area is 227 Å². The highest BCUT2D eigenvalue weighted by atomic mass is 32.2. The maximum atomic E-state index is 12.7. The molecular weight excluding hydrogens is 531 g/mol. The highest BCUT2D eigenvalue weighted by Gasteiger charge is 2.46. The number of unbranched alkanes of at least 4 members (excludes halogenated alkanes) is 8. The second-order valence-electron chi connectivity index (χ2n) is 9.68. The van der Waals surface area contributed by atoms with Crippen LogP contribution in [0.2, 0.25) is 0 Å². The Morgan fingerprint density at radius 2 is 1.33 bits per heavy atom. The van der Waals surface area contributed by atoms with Crippen molar-refractivity contribution in [2.24, 2.45) is 0 Å². The van der Waals surface area contributed by atoms with Crippen molar-refractivity contribution in [1.82, 2.24) is 15.2 Å². The number of alkyl halides is 3. The molecule has 0 unspecified atom stereocenters. The van der Waals surface area contributed by atoms with Crippen molar-refractivity contribution in [2.45, 2.75) is 94.6 Å². The van der Waals surface area contributed by atoms with Crippen LogP contribution in [0.1, 0.15) is 81.7 Å². The van der Waals surface area contributed by atoms with E-state index in [0.29, 0.717) is 17.3 Å². The first-order chi connectivity index (χ1) is 18.6. The molecule has 7 nitrogen and oxygen atoms in total. The second kappa shape index (κ2) is 14.6. The van der Waals surface area contributed by atoms with Gasteiger partial charge in [0, 0.05) is 25.1 Å². The molecule has 0 bridgehead atoms. The van der Waals surface area contributed by atoms with E-state index in [-0.39, 0.29) is 13.1 Å². The summed E-state index contributed by atoms with van der Waals surface area (Å²) in [5.74, 6) is 1.09. The van der Waals surface area contributed by atoms with E-state index in [1.807, 2.05) is 0 Å². The van der Waals surface area contributed by atoms with Crippen LogP contribution in [0.25, 0.3) is 11.5 Å². The van der Waals surface area contributed by atoms with E-state index in [4.69, 9.17) is 4.52 Å². The van der Waals surface area contributed by atoms with Gasteiger partial charge in [0.2, 0.25) is 0 Å². The number of aryl methyl sites for hydroxylation is 1. The minimum atomic E-state index is -5.42. The summed E-state index contributed by atoms with van der Waals surface area (Å²) in [7, 11) is -5.42. The van der Waals surface area contributed by atoms with E-state index in [9.17, 15) is 26.8 Å². The molecule has 0 spiro atoms. The van der Waals surface area contributed by atoms with Crippen molar-refractivity contribution in [3.05, 3.63) is 70.7 Å². The van der Waals surface area contributed by atoms with Crippen molar-refractivity contribution in [3.63, 3.8) is 0 Å². The highest BCUT2D eigenvalue weighted by molar-refractivity contribution is 7.92. The first-order valence-corrected chi connectivity index (χ1v) is 14.8. The molecule has 0 saturated carbocycles. The van der Waals surface area contributed by atoms with Gasteiger partial charge in [0.25, 0.3) is 15.7 Å². The number of hydrogen-bond acceptors (Lipinski definition) is 7. The Balaban J connectivity index is 1.43. The fourth-order valence-corrected chi connectivity index (χ4v) is 4.95. The summed E-state index contributed by atoms with van der Waals surface area (Å²) >= 11 is 0. The average Bonchev–Trinajstić information content (AvgIpc) is 3.37. The number of sulfone groups is 1. The van der Waals surface area contributed by atoms with E-state index in [1.54, 1.807) is 24.3 Å². The summed E-state index contributed by atoms with van der Waals surface area (Å²) in [6.07, 6.45) is 12.0. The molecule has 0 aliphatic carbocycles. The van der Waals surface area contributed by atoms with Crippen molar-refractivity contribution in [3.8, 4) is 11.5 Å². The third-order valence-corrected chi connectivity index (χ3v) is 7.93. The Morgan fingerprint density at radius 1 is 0.821 bits per heavy atom. The van der Waals surface area contributed by atoms with Crippen LogP contribution in [0, 0.1) is 5.21 Å². The fraction of sp³-hybridized carbons (Fsp3) is 0.500. The molecule has 0 amide bonds. The van der Waals surface area contributed by atoms with Gasteiger partial charge in [-0.1, -0.05) is 87.7 Å². The minimum Gasteiger partial charge on any atom is -0.785 e. The zero-order valence-electron chi connectivity index (χ0n) is 22.1. The number of halogens is 3. The van der Waals surface area contributed by atoms with Crippen LogP contribution in [0.5, 0.6) is 0 Å². The summed E-state index contributed by atoms with van der Waals surface area (Å²) < 4.78 is 66.3. The van der Waals surface area contributed by atoms with Crippen molar-refractivity contribution >= 4 is 9.84 Å². The zero-order valence-corrected chi connectivity index (χ0v) is 22.9. The molecule has 214 valence electrons. The first-order valence-electron chi connectivity index (χ1n) is 13.3. The number of nitrogens with zero attached hydrogens (tertiary/aromatic N) is 3. The van der Waals surface area contributed by atoms with Crippen LogP contribution >= 0.6 is 0 Å². The summed E-state index contributed by atoms with van der Waals surface area (Å²) in [6.45, 7) is 2.15. The topological polar surface area (TPSA) is 99.4 Å². The number of aromatic nitrogens is 2. The average molecular weight is 567 g/mol. The third kappa shape index (κ3) is 9.44. The standard InChI is InChI=1S/C28H35F3N3O4S/c1-2-3-4-5-6-7-8-9-10-11-26-32-27(38-33-26)24-16-12-22(13-17-24)20-34(35)21-23-14-18-25(19-15-23)39(36,37)28(29,30)31/h12-19H,2-11,20-21H2,1H3/q-1. The summed E-state index contributed by atoms with van der Waals surface area (Å²) in [4.78, 5) is 3.61. The first kappa shape index (κ1) is 30.8. The molecule has 0 N–H and O–H groups in total. The zero-order chi connectivity index (χ0) is 28.3. The van der Waals surface area contributed by atoms with Gasteiger partial charge < -0.3 is 14.8 Å². The van der Waals surface area contributed by atoms with Crippen molar-refractivity contribution in [1.29, 1.82) is 0 Å². The number of hydroxylamine groups is 2. The van der Waals surface area contributed by atoms with Gasteiger partial charge >= 0.3 is 5.51 Å². The molecule has 39 heavy (non-hydrogen) atoms. The lowest BCUT2D eigenvalue weighted by atomic mass is 10.1. The number of rotatable bonds is 16. The predicted molar refractivity (Wildman–Crippen MR) is 143 cm³/mol. The lowest BCUT2D eigenvalue weighted by molar-refractivity contribution is -0.0436. The molecule has 0 aliphatic heterocycles. The van der Waals surface area contributed by atoms with Crippen molar-refractivity contribution < 1.29 is 26.1 Å². The van der Waals surface area contributed by atoms with E-state index in [0.717, 1.165) is 47.6 Å². The maximum absolute atomic E-state index is 12.7. The van der Waals surface area contributed by atoms with Gasteiger partial charge in [0.15, 0.2) is 5.82 Å².